The van der Waals surface area contributed by atoms with E-state index >= 15 is 0 Å². The van der Waals surface area contributed by atoms with Crippen LogP contribution in [-0.2, 0) is 16.0 Å². The maximum atomic E-state index is 11.4. The molecule has 0 aromatic carbocycles. The summed E-state index contributed by atoms with van der Waals surface area (Å²) in [5, 5.41) is 14.1. The standard InChI is InChI=1S/C8H16N2O3S/c1-4-6(7(11)9-3)8(10-12)14(13)5-2/h6,12H,4-5H2,1-3H3,(H,9,11). The normalized spacial score (nSPS) is 16.1. The van der Waals surface area contributed by atoms with E-state index in [9.17, 15) is 9.35 Å². The number of oxime groups is 1. The highest BCUT2D eigenvalue weighted by atomic mass is 32.2. The van der Waals surface area contributed by atoms with Gasteiger partial charge in [0.25, 0.3) is 5.04 Å². The van der Waals surface area contributed by atoms with E-state index in [0.717, 1.165) is 0 Å². The van der Waals surface area contributed by atoms with Crippen molar-refractivity contribution in [2.24, 2.45) is 11.1 Å². The Labute approximate surface area is 86.7 Å². The molecule has 5 nitrogen and oxygen atoms in total. The molecule has 0 saturated carbocycles. The van der Waals surface area contributed by atoms with Gasteiger partial charge in [-0.05, 0) is 18.5 Å². The van der Waals surface area contributed by atoms with Crippen molar-refractivity contribution >= 4 is 22.1 Å². The van der Waals surface area contributed by atoms with Crippen LogP contribution in [0.25, 0.3) is 0 Å². The van der Waals surface area contributed by atoms with Gasteiger partial charge in [-0.3, -0.25) is 4.79 Å². The molecule has 0 fully saturated rings. The molecule has 6 heteroatoms. The largest absolute Gasteiger partial charge is 0.610 e. The van der Waals surface area contributed by atoms with Gasteiger partial charge in [0.2, 0.25) is 5.91 Å². The summed E-state index contributed by atoms with van der Waals surface area (Å²) in [6.45, 7) is 3.48. The molecule has 0 aliphatic carbocycles. The molecule has 0 heterocycles. The second-order valence-corrected chi connectivity index (χ2v) is 4.33. The second kappa shape index (κ2) is 6.67. The molecule has 0 radical (unpaired) electrons. The van der Waals surface area contributed by atoms with E-state index in [1.165, 1.54) is 7.05 Å². The Morgan fingerprint density at radius 3 is 2.50 bits per heavy atom. The molecule has 0 aromatic heterocycles. The van der Waals surface area contributed by atoms with Crippen LogP contribution in [0.1, 0.15) is 20.3 Å². The first-order valence-corrected chi connectivity index (χ1v) is 5.76. The molecular weight excluding hydrogens is 204 g/mol. The first-order chi connectivity index (χ1) is 6.62. The first-order valence-electron chi connectivity index (χ1n) is 4.44. The van der Waals surface area contributed by atoms with Gasteiger partial charge in [0.05, 0.1) is 0 Å². The zero-order valence-electron chi connectivity index (χ0n) is 8.61. The quantitative estimate of drug-likeness (QED) is 0.235. The molecule has 2 atom stereocenters. The summed E-state index contributed by atoms with van der Waals surface area (Å²) in [5.41, 5.74) is 0. The lowest BCUT2D eigenvalue weighted by molar-refractivity contribution is -0.122. The minimum Gasteiger partial charge on any atom is -0.610 e. The predicted octanol–water partition coefficient (Wildman–Crippen LogP) is 0.315. The Morgan fingerprint density at radius 2 is 2.21 bits per heavy atom. The van der Waals surface area contributed by atoms with Crippen LogP contribution >= 0.6 is 0 Å². The molecule has 0 aliphatic rings. The molecule has 1 amide bonds. The summed E-state index contributed by atoms with van der Waals surface area (Å²) >= 11 is -1.38. The monoisotopic (exact) mass is 220 g/mol. The highest BCUT2D eigenvalue weighted by molar-refractivity contribution is 8.06. The summed E-state index contributed by atoms with van der Waals surface area (Å²) in [7, 11) is 1.49. The van der Waals surface area contributed by atoms with Crippen molar-refractivity contribution in [1.82, 2.24) is 5.32 Å². The number of nitrogens with one attached hydrogen (secondary N) is 1. The van der Waals surface area contributed by atoms with E-state index in [2.05, 4.69) is 10.5 Å². The van der Waals surface area contributed by atoms with Gasteiger partial charge in [0, 0.05) is 18.2 Å². The van der Waals surface area contributed by atoms with Crippen molar-refractivity contribution in [2.75, 3.05) is 12.8 Å². The van der Waals surface area contributed by atoms with Gasteiger partial charge in [-0.15, -0.1) is 0 Å². The summed E-state index contributed by atoms with van der Waals surface area (Å²) in [6, 6.07) is 0. The fourth-order valence-electron chi connectivity index (χ4n) is 1.07. The molecule has 14 heavy (non-hydrogen) atoms. The Bertz CT molecular complexity index is 221. The van der Waals surface area contributed by atoms with Crippen LogP contribution in [0.5, 0.6) is 0 Å². The van der Waals surface area contributed by atoms with E-state index in [1.807, 2.05) is 0 Å². The van der Waals surface area contributed by atoms with Crippen molar-refractivity contribution in [3.05, 3.63) is 0 Å². The number of nitrogens with zero attached hydrogens (tertiary/aromatic N) is 1. The third-order valence-corrected chi connectivity index (χ3v) is 3.22. The minimum atomic E-state index is -1.38. The van der Waals surface area contributed by atoms with E-state index in [4.69, 9.17) is 5.21 Å². The van der Waals surface area contributed by atoms with Crippen molar-refractivity contribution in [3.8, 4) is 0 Å². The van der Waals surface area contributed by atoms with Crippen molar-refractivity contribution in [1.29, 1.82) is 0 Å². The molecule has 0 rings (SSSR count). The molecular formula is C8H16N2O3S. The van der Waals surface area contributed by atoms with Gasteiger partial charge in [0.15, 0.2) is 0 Å². The Balaban J connectivity index is 4.71. The van der Waals surface area contributed by atoms with Crippen LogP contribution in [0, 0.1) is 5.92 Å². The fourth-order valence-corrected chi connectivity index (χ4v) is 2.05. The van der Waals surface area contributed by atoms with E-state index < -0.39 is 17.1 Å². The molecule has 82 valence electrons. The Morgan fingerprint density at radius 1 is 1.64 bits per heavy atom. The molecule has 0 aliphatic heterocycles. The first kappa shape index (κ1) is 13.2. The van der Waals surface area contributed by atoms with E-state index in [-0.39, 0.29) is 11.0 Å². The Hall–Kier alpha value is -0.750. The van der Waals surface area contributed by atoms with Crippen molar-refractivity contribution in [3.63, 3.8) is 0 Å². The Kier molecular flexibility index (Phi) is 6.31. The fraction of sp³-hybridized carbons (Fsp3) is 0.750. The average Bonchev–Trinajstić information content (AvgIpc) is 2.23. The predicted molar refractivity (Wildman–Crippen MR) is 55.8 cm³/mol. The van der Waals surface area contributed by atoms with Crippen LogP contribution in [0.3, 0.4) is 0 Å². The lowest BCUT2D eigenvalue weighted by atomic mass is 10.1. The molecule has 0 bridgehead atoms. The second-order valence-electron chi connectivity index (χ2n) is 2.65. The van der Waals surface area contributed by atoms with Crippen LogP contribution < -0.4 is 5.32 Å². The molecule has 0 spiro atoms. The van der Waals surface area contributed by atoms with Crippen molar-refractivity contribution in [2.45, 2.75) is 20.3 Å². The molecule has 0 aromatic rings. The maximum Gasteiger partial charge on any atom is 0.267 e. The lowest BCUT2D eigenvalue weighted by Crippen LogP contribution is -2.37. The highest BCUT2D eigenvalue weighted by Crippen LogP contribution is 2.11. The van der Waals surface area contributed by atoms with Crippen molar-refractivity contribution < 1.29 is 14.6 Å². The topological polar surface area (TPSA) is 84.8 Å². The van der Waals surface area contributed by atoms with Gasteiger partial charge in [-0.1, -0.05) is 6.92 Å². The third kappa shape index (κ3) is 3.19. The minimum absolute atomic E-state index is 0.0503. The van der Waals surface area contributed by atoms with Crippen LogP contribution in [-0.4, -0.2) is 33.5 Å². The lowest BCUT2D eigenvalue weighted by Gasteiger charge is -2.15. The number of carbonyl (C=O) groups is 1. The SMILES string of the molecule is CCC(C(=O)NC)C(=NO)[S+]([O-])CC. The number of amides is 1. The number of carbonyl (C=O) groups excluding carboxylic acids is 1. The number of rotatable bonds is 4. The van der Waals surface area contributed by atoms with E-state index in [1.54, 1.807) is 13.8 Å². The number of hydrogen-bond acceptors (Lipinski definition) is 4. The van der Waals surface area contributed by atoms with E-state index in [0.29, 0.717) is 12.2 Å². The molecule has 2 unspecified atom stereocenters. The van der Waals surface area contributed by atoms with Crippen LogP contribution in [0.2, 0.25) is 0 Å². The summed E-state index contributed by atoms with van der Waals surface area (Å²) < 4.78 is 11.4. The summed E-state index contributed by atoms with van der Waals surface area (Å²) in [4.78, 5) is 11.3. The zero-order valence-corrected chi connectivity index (χ0v) is 9.43. The van der Waals surface area contributed by atoms with Crippen LogP contribution in [0.15, 0.2) is 5.16 Å². The third-order valence-electron chi connectivity index (χ3n) is 1.86. The van der Waals surface area contributed by atoms with Gasteiger partial charge >= 0.3 is 0 Å². The molecule has 2 N–H and O–H groups in total. The van der Waals surface area contributed by atoms with Crippen LogP contribution in [0.4, 0.5) is 0 Å². The average molecular weight is 220 g/mol. The number of hydrogen-bond donors (Lipinski definition) is 2. The summed E-state index contributed by atoms with van der Waals surface area (Å²) in [5.74, 6) is -0.541. The van der Waals surface area contributed by atoms with Gasteiger partial charge in [0.1, 0.15) is 11.7 Å². The summed E-state index contributed by atoms with van der Waals surface area (Å²) in [6.07, 6.45) is 0.463. The molecule has 0 saturated heterocycles. The van der Waals surface area contributed by atoms with Gasteiger partial charge < -0.3 is 15.1 Å². The van der Waals surface area contributed by atoms with Gasteiger partial charge in [-0.2, -0.15) is 0 Å². The maximum absolute atomic E-state index is 11.4. The zero-order chi connectivity index (χ0) is 11.1. The van der Waals surface area contributed by atoms with Gasteiger partial charge in [-0.25, -0.2) is 0 Å². The highest BCUT2D eigenvalue weighted by Gasteiger charge is 2.31. The smallest absolute Gasteiger partial charge is 0.267 e.